The van der Waals surface area contributed by atoms with Crippen LogP contribution in [0.4, 0.5) is 5.69 Å². The van der Waals surface area contributed by atoms with Crippen molar-refractivity contribution >= 4 is 22.9 Å². The monoisotopic (exact) mass is 266 g/mol. The largest absolute Gasteiger partial charge is 0.379 e. The molecule has 6 heteroatoms. The van der Waals surface area contributed by atoms with E-state index in [4.69, 9.17) is 16.3 Å². The van der Waals surface area contributed by atoms with Crippen molar-refractivity contribution in [3.63, 3.8) is 0 Å². The van der Waals surface area contributed by atoms with Crippen LogP contribution in [0.15, 0.2) is 12.3 Å². The molecule has 0 radical (unpaired) electrons. The van der Waals surface area contributed by atoms with Gasteiger partial charge in [0.15, 0.2) is 10.8 Å². The molecule has 3 heterocycles. The van der Waals surface area contributed by atoms with Crippen LogP contribution in [-0.4, -0.2) is 33.9 Å². The van der Waals surface area contributed by atoms with E-state index in [1.54, 1.807) is 16.8 Å². The third-order valence-electron chi connectivity index (χ3n) is 3.15. The summed E-state index contributed by atoms with van der Waals surface area (Å²) < 4.78 is 7.33. The average Bonchev–Trinajstić information content (AvgIpc) is 2.97. The number of fused-ring (bicyclic) bond motifs is 1. The van der Waals surface area contributed by atoms with Gasteiger partial charge in [-0.25, -0.2) is 9.50 Å². The van der Waals surface area contributed by atoms with Crippen LogP contribution in [0, 0.1) is 6.92 Å². The fourth-order valence-electron chi connectivity index (χ4n) is 2.21. The number of halogens is 1. The van der Waals surface area contributed by atoms with Crippen LogP contribution in [0.5, 0.6) is 0 Å². The van der Waals surface area contributed by atoms with Crippen molar-refractivity contribution in [3.8, 4) is 0 Å². The van der Waals surface area contributed by atoms with Gasteiger partial charge in [-0.15, -0.1) is 0 Å². The molecule has 1 aliphatic heterocycles. The Hall–Kier alpha value is -1.33. The summed E-state index contributed by atoms with van der Waals surface area (Å²) in [5.41, 5.74) is 2.67. The molecule has 0 spiro atoms. The fourth-order valence-corrected chi connectivity index (χ4v) is 2.39. The molecule has 0 aliphatic carbocycles. The van der Waals surface area contributed by atoms with E-state index in [2.05, 4.69) is 15.4 Å². The normalized spacial score (nSPS) is 19.6. The Labute approximate surface area is 110 Å². The number of anilines is 1. The minimum absolute atomic E-state index is 0.285. The molecule has 1 atom stereocenters. The summed E-state index contributed by atoms with van der Waals surface area (Å²) in [4.78, 5) is 4.34. The molecule has 2 aromatic rings. The van der Waals surface area contributed by atoms with Gasteiger partial charge in [0.05, 0.1) is 23.7 Å². The summed E-state index contributed by atoms with van der Waals surface area (Å²) in [5.74, 6) is 0. The van der Waals surface area contributed by atoms with Gasteiger partial charge in [0.1, 0.15) is 0 Å². The van der Waals surface area contributed by atoms with Crippen LogP contribution in [-0.2, 0) is 4.74 Å². The predicted molar refractivity (Wildman–Crippen MR) is 70.2 cm³/mol. The van der Waals surface area contributed by atoms with Crippen LogP contribution in [0.3, 0.4) is 0 Å². The standard InChI is InChI=1S/C12H15ClN4O/c1-8-6-15-12-10(5-11(13)16-17(8)12)14-7-9-3-2-4-18-9/h5-6,9,14H,2-4,7H2,1H3/t9-/m0/s1. The second kappa shape index (κ2) is 4.74. The first-order valence-corrected chi connectivity index (χ1v) is 6.48. The van der Waals surface area contributed by atoms with Gasteiger partial charge in [-0.3, -0.25) is 0 Å². The molecule has 5 nitrogen and oxygen atoms in total. The van der Waals surface area contributed by atoms with Crippen molar-refractivity contribution in [1.82, 2.24) is 14.6 Å². The van der Waals surface area contributed by atoms with Gasteiger partial charge in [0.2, 0.25) is 0 Å². The van der Waals surface area contributed by atoms with E-state index in [1.807, 2.05) is 6.92 Å². The average molecular weight is 267 g/mol. The van der Waals surface area contributed by atoms with E-state index in [0.29, 0.717) is 5.15 Å². The molecule has 2 aromatic heterocycles. The van der Waals surface area contributed by atoms with Gasteiger partial charge in [-0.1, -0.05) is 11.6 Å². The highest BCUT2D eigenvalue weighted by atomic mass is 35.5. The van der Waals surface area contributed by atoms with Crippen LogP contribution < -0.4 is 5.32 Å². The molecule has 0 saturated carbocycles. The number of hydrogen-bond acceptors (Lipinski definition) is 4. The second-order valence-electron chi connectivity index (χ2n) is 4.53. The summed E-state index contributed by atoms with van der Waals surface area (Å²) in [5, 5.41) is 8.03. The van der Waals surface area contributed by atoms with Crippen LogP contribution >= 0.6 is 11.6 Å². The zero-order valence-electron chi connectivity index (χ0n) is 10.2. The molecule has 0 aromatic carbocycles. The molecule has 18 heavy (non-hydrogen) atoms. The molecule has 1 N–H and O–H groups in total. The zero-order chi connectivity index (χ0) is 12.5. The molecule has 96 valence electrons. The zero-order valence-corrected chi connectivity index (χ0v) is 10.9. The van der Waals surface area contributed by atoms with Gasteiger partial charge in [0, 0.05) is 19.2 Å². The molecule has 1 aliphatic rings. The number of aromatic nitrogens is 3. The van der Waals surface area contributed by atoms with Gasteiger partial charge in [0.25, 0.3) is 0 Å². The fraction of sp³-hybridized carbons (Fsp3) is 0.500. The Morgan fingerprint density at radius 2 is 2.50 bits per heavy atom. The molecule has 1 fully saturated rings. The quantitative estimate of drug-likeness (QED) is 0.926. The summed E-state index contributed by atoms with van der Waals surface area (Å²) in [6, 6.07) is 1.80. The highest BCUT2D eigenvalue weighted by molar-refractivity contribution is 6.29. The first-order chi connectivity index (χ1) is 8.74. The van der Waals surface area contributed by atoms with Crippen molar-refractivity contribution in [1.29, 1.82) is 0 Å². The Bertz CT molecular complexity index is 562. The van der Waals surface area contributed by atoms with Gasteiger partial charge >= 0.3 is 0 Å². The minimum Gasteiger partial charge on any atom is -0.379 e. The van der Waals surface area contributed by atoms with E-state index in [0.717, 1.165) is 43.0 Å². The number of rotatable bonds is 3. The van der Waals surface area contributed by atoms with Crippen molar-refractivity contribution in [2.24, 2.45) is 0 Å². The first-order valence-electron chi connectivity index (χ1n) is 6.10. The van der Waals surface area contributed by atoms with E-state index in [1.165, 1.54) is 0 Å². The Morgan fingerprint density at radius 1 is 1.61 bits per heavy atom. The topological polar surface area (TPSA) is 51.5 Å². The van der Waals surface area contributed by atoms with Crippen molar-refractivity contribution in [3.05, 3.63) is 23.1 Å². The summed E-state index contributed by atoms with van der Waals surface area (Å²) in [6.45, 7) is 3.59. The van der Waals surface area contributed by atoms with Crippen molar-refractivity contribution in [2.45, 2.75) is 25.9 Å². The third-order valence-corrected chi connectivity index (χ3v) is 3.34. The van der Waals surface area contributed by atoms with Crippen molar-refractivity contribution < 1.29 is 4.74 Å². The maximum Gasteiger partial charge on any atom is 0.177 e. The molecular weight excluding hydrogens is 252 g/mol. The maximum atomic E-state index is 6.02. The third kappa shape index (κ3) is 2.15. The number of nitrogens with zero attached hydrogens (tertiary/aromatic N) is 3. The SMILES string of the molecule is Cc1cnc2c(NC[C@@H]3CCCO3)cc(Cl)nn12. The Kier molecular flexibility index (Phi) is 3.09. The van der Waals surface area contributed by atoms with Crippen molar-refractivity contribution in [2.75, 3.05) is 18.5 Å². The second-order valence-corrected chi connectivity index (χ2v) is 4.92. The molecule has 3 rings (SSSR count). The summed E-state index contributed by atoms with van der Waals surface area (Å²) in [7, 11) is 0. The highest BCUT2D eigenvalue weighted by Gasteiger charge is 2.16. The predicted octanol–water partition coefficient (Wildman–Crippen LogP) is 2.28. The van der Waals surface area contributed by atoms with E-state index >= 15 is 0 Å². The minimum atomic E-state index is 0.285. The smallest absolute Gasteiger partial charge is 0.177 e. The molecule has 1 saturated heterocycles. The van der Waals surface area contributed by atoms with Gasteiger partial charge in [-0.2, -0.15) is 5.10 Å². The van der Waals surface area contributed by atoms with E-state index < -0.39 is 0 Å². The summed E-state index contributed by atoms with van der Waals surface area (Å²) >= 11 is 6.02. The van der Waals surface area contributed by atoms with E-state index in [9.17, 15) is 0 Å². The number of hydrogen-bond donors (Lipinski definition) is 1. The lowest BCUT2D eigenvalue weighted by Gasteiger charge is -2.12. The first kappa shape index (κ1) is 11.7. The Balaban J connectivity index is 1.85. The molecule has 0 bridgehead atoms. The van der Waals surface area contributed by atoms with Crippen LogP contribution in [0.1, 0.15) is 18.5 Å². The van der Waals surface area contributed by atoms with Crippen LogP contribution in [0.25, 0.3) is 5.65 Å². The molecule has 0 amide bonds. The number of nitrogens with one attached hydrogen (secondary N) is 1. The summed E-state index contributed by atoms with van der Waals surface area (Å²) in [6.07, 6.45) is 4.32. The lowest BCUT2D eigenvalue weighted by Crippen LogP contribution is -2.19. The van der Waals surface area contributed by atoms with E-state index in [-0.39, 0.29) is 6.10 Å². The maximum absolute atomic E-state index is 6.02. The lowest BCUT2D eigenvalue weighted by molar-refractivity contribution is 0.120. The molecular formula is C12H15ClN4O. The Morgan fingerprint density at radius 3 is 3.28 bits per heavy atom. The van der Waals surface area contributed by atoms with Gasteiger partial charge < -0.3 is 10.1 Å². The van der Waals surface area contributed by atoms with Crippen LogP contribution in [0.2, 0.25) is 5.15 Å². The number of imidazole rings is 1. The number of aryl methyl sites for hydroxylation is 1. The molecule has 0 unspecified atom stereocenters. The lowest BCUT2D eigenvalue weighted by atomic mass is 10.2. The highest BCUT2D eigenvalue weighted by Crippen LogP contribution is 2.21. The van der Waals surface area contributed by atoms with Gasteiger partial charge in [-0.05, 0) is 19.8 Å². The number of ether oxygens (including phenoxy) is 1.